The summed E-state index contributed by atoms with van der Waals surface area (Å²) in [4.78, 5) is 21.8. The van der Waals surface area contributed by atoms with Crippen molar-refractivity contribution in [1.82, 2.24) is 0 Å². The Balaban J connectivity index is 4.99. The molecular formula is C10H16O8. The Bertz CT molecular complexity index is 326. The number of carboxylic acid groups (broad SMARTS) is 1. The van der Waals surface area contributed by atoms with Crippen LogP contribution < -0.4 is 0 Å². The maximum absolute atomic E-state index is 11.2. The zero-order valence-electron chi connectivity index (χ0n) is 9.68. The summed E-state index contributed by atoms with van der Waals surface area (Å²) in [6, 6.07) is 0. The molecule has 0 rings (SSSR count). The van der Waals surface area contributed by atoms with Gasteiger partial charge in [-0.25, -0.2) is 9.59 Å². The third kappa shape index (κ3) is 4.41. The molecule has 0 aromatic rings. The van der Waals surface area contributed by atoms with Crippen LogP contribution >= 0.6 is 0 Å². The number of aliphatic hydroxyl groups is 4. The van der Waals surface area contributed by atoms with E-state index in [1.165, 1.54) is 6.92 Å². The van der Waals surface area contributed by atoms with Crippen LogP contribution in [0.25, 0.3) is 0 Å². The van der Waals surface area contributed by atoms with Crippen LogP contribution in [-0.4, -0.2) is 68.5 Å². The molecule has 0 radical (unpaired) electrons. The summed E-state index contributed by atoms with van der Waals surface area (Å²) in [7, 11) is 0. The average molecular weight is 264 g/mol. The van der Waals surface area contributed by atoms with E-state index in [0.29, 0.717) is 0 Å². The molecule has 5 N–H and O–H groups in total. The lowest BCUT2D eigenvalue weighted by molar-refractivity contribution is -0.180. The second-order valence-electron chi connectivity index (χ2n) is 3.67. The molecular weight excluding hydrogens is 248 g/mol. The molecule has 0 aromatic heterocycles. The van der Waals surface area contributed by atoms with Gasteiger partial charge in [0.2, 0.25) is 0 Å². The molecule has 0 bridgehead atoms. The van der Waals surface area contributed by atoms with Crippen molar-refractivity contribution < 1.29 is 39.9 Å². The molecule has 0 spiro atoms. The van der Waals surface area contributed by atoms with Crippen molar-refractivity contribution in [3.05, 3.63) is 12.2 Å². The molecule has 0 heterocycles. The van der Waals surface area contributed by atoms with Crippen LogP contribution in [0.2, 0.25) is 0 Å². The number of carboxylic acids is 1. The maximum Gasteiger partial charge on any atom is 0.336 e. The van der Waals surface area contributed by atoms with E-state index in [-0.39, 0.29) is 5.57 Å². The van der Waals surface area contributed by atoms with E-state index in [2.05, 4.69) is 11.3 Å². The second kappa shape index (κ2) is 7.07. The molecule has 18 heavy (non-hydrogen) atoms. The van der Waals surface area contributed by atoms with Crippen molar-refractivity contribution in [1.29, 1.82) is 0 Å². The van der Waals surface area contributed by atoms with Crippen LogP contribution in [0.5, 0.6) is 0 Å². The molecule has 8 nitrogen and oxygen atoms in total. The first-order chi connectivity index (χ1) is 8.22. The highest BCUT2D eigenvalue weighted by Gasteiger charge is 2.38. The van der Waals surface area contributed by atoms with Crippen molar-refractivity contribution in [2.24, 2.45) is 0 Å². The highest BCUT2D eigenvalue weighted by atomic mass is 16.6. The number of esters is 1. The van der Waals surface area contributed by atoms with Crippen molar-refractivity contribution in [2.75, 3.05) is 6.61 Å². The van der Waals surface area contributed by atoms with E-state index >= 15 is 0 Å². The third-order valence-corrected chi connectivity index (χ3v) is 2.07. The highest BCUT2D eigenvalue weighted by Crippen LogP contribution is 2.12. The van der Waals surface area contributed by atoms with Crippen molar-refractivity contribution in [2.45, 2.75) is 31.3 Å². The van der Waals surface area contributed by atoms with Gasteiger partial charge in [0, 0.05) is 5.57 Å². The van der Waals surface area contributed by atoms with Gasteiger partial charge < -0.3 is 30.3 Å². The molecule has 0 unspecified atom stereocenters. The summed E-state index contributed by atoms with van der Waals surface area (Å²) >= 11 is 0. The number of hydrogen-bond acceptors (Lipinski definition) is 7. The number of aliphatic carboxylic acids is 1. The minimum Gasteiger partial charge on any atom is -0.479 e. The van der Waals surface area contributed by atoms with Crippen LogP contribution in [0.3, 0.4) is 0 Å². The van der Waals surface area contributed by atoms with Crippen LogP contribution in [0.1, 0.15) is 6.92 Å². The molecule has 0 saturated carbocycles. The SMILES string of the molecule is C=C(C)C(=O)O[C@@H]([C@H](O)[C@H](O)CO)[C@@H](O)C(=O)O. The smallest absolute Gasteiger partial charge is 0.336 e. The van der Waals surface area contributed by atoms with Gasteiger partial charge in [-0.1, -0.05) is 6.58 Å². The van der Waals surface area contributed by atoms with Gasteiger partial charge in [-0.05, 0) is 6.92 Å². The summed E-state index contributed by atoms with van der Waals surface area (Å²) in [5.74, 6) is -2.79. The highest BCUT2D eigenvalue weighted by molar-refractivity contribution is 5.87. The van der Waals surface area contributed by atoms with Crippen molar-refractivity contribution in [3.63, 3.8) is 0 Å². The normalized spacial score (nSPS) is 17.4. The van der Waals surface area contributed by atoms with Crippen LogP contribution in [0.15, 0.2) is 12.2 Å². The van der Waals surface area contributed by atoms with E-state index in [4.69, 9.17) is 15.3 Å². The molecule has 0 aliphatic carbocycles. The maximum atomic E-state index is 11.2. The minimum atomic E-state index is -2.25. The Morgan fingerprint density at radius 3 is 2.11 bits per heavy atom. The van der Waals surface area contributed by atoms with Crippen LogP contribution in [0, 0.1) is 0 Å². The lowest BCUT2D eigenvalue weighted by Gasteiger charge is -2.27. The Labute approximate surface area is 103 Å². The lowest BCUT2D eigenvalue weighted by Crippen LogP contribution is -2.51. The summed E-state index contributed by atoms with van der Waals surface area (Å²) in [5.41, 5.74) is -0.0803. The van der Waals surface area contributed by atoms with Gasteiger partial charge in [-0.3, -0.25) is 0 Å². The fourth-order valence-electron chi connectivity index (χ4n) is 1.01. The molecule has 0 aromatic carbocycles. The lowest BCUT2D eigenvalue weighted by atomic mass is 10.0. The van der Waals surface area contributed by atoms with Gasteiger partial charge in [0.05, 0.1) is 6.61 Å². The molecule has 0 fully saturated rings. The summed E-state index contributed by atoms with van der Waals surface area (Å²) in [6.45, 7) is 3.62. The Hall–Kier alpha value is -1.48. The number of aliphatic hydroxyl groups excluding tert-OH is 4. The van der Waals surface area contributed by atoms with E-state index in [9.17, 15) is 19.8 Å². The summed E-state index contributed by atoms with van der Waals surface area (Å²) < 4.78 is 4.53. The van der Waals surface area contributed by atoms with E-state index in [0.717, 1.165) is 0 Å². The first-order valence-corrected chi connectivity index (χ1v) is 4.96. The second-order valence-corrected chi connectivity index (χ2v) is 3.67. The summed E-state index contributed by atoms with van der Waals surface area (Å²) in [5, 5.41) is 45.1. The van der Waals surface area contributed by atoms with Gasteiger partial charge in [0.25, 0.3) is 0 Å². The standard InChI is InChI=1S/C10H16O8/c1-4(2)10(17)18-8(7(14)9(15)16)6(13)5(12)3-11/h5-8,11-14H,1,3H2,2H3,(H,15,16)/t5-,6-,7-,8+/m1/s1. The van der Waals surface area contributed by atoms with E-state index in [1.54, 1.807) is 0 Å². The molecule has 0 amide bonds. The molecule has 4 atom stereocenters. The number of carbonyl (C=O) groups is 2. The van der Waals surface area contributed by atoms with Crippen LogP contribution in [-0.2, 0) is 14.3 Å². The number of carbonyl (C=O) groups excluding carboxylic acids is 1. The first kappa shape index (κ1) is 16.5. The van der Waals surface area contributed by atoms with Gasteiger partial charge in [0.1, 0.15) is 12.2 Å². The van der Waals surface area contributed by atoms with Crippen LogP contribution in [0.4, 0.5) is 0 Å². The fourth-order valence-corrected chi connectivity index (χ4v) is 1.01. The van der Waals surface area contributed by atoms with E-state index in [1.807, 2.05) is 0 Å². The molecule has 104 valence electrons. The van der Waals surface area contributed by atoms with Gasteiger partial charge in [-0.2, -0.15) is 0 Å². The molecule has 0 aliphatic heterocycles. The van der Waals surface area contributed by atoms with Gasteiger partial charge in [-0.15, -0.1) is 0 Å². The number of ether oxygens (including phenoxy) is 1. The van der Waals surface area contributed by atoms with Crippen molar-refractivity contribution >= 4 is 11.9 Å². The zero-order valence-corrected chi connectivity index (χ0v) is 9.68. The number of rotatable bonds is 7. The third-order valence-electron chi connectivity index (χ3n) is 2.07. The molecule has 0 aliphatic rings. The predicted octanol–water partition coefficient (Wildman–Crippen LogP) is -2.37. The summed E-state index contributed by atoms with van der Waals surface area (Å²) in [6.07, 6.45) is -7.88. The van der Waals surface area contributed by atoms with Gasteiger partial charge in [0.15, 0.2) is 12.2 Å². The predicted molar refractivity (Wildman–Crippen MR) is 57.4 cm³/mol. The van der Waals surface area contributed by atoms with E-state index < -0.39 is 43.0 Å². The monoisotopic (exact) mass is 264 g/mol. The fraction of sp³-hybridized carbons (Fsp3) is 0.600. The van der Waals surface area contributed by atoms with Crippen molar-refractivity contribution in [3.8, 4) is 0 Å². The average Bonchev–Trinajstić information content (AvgIpc) is 2.32. The quantitative estimate of drug-likeness (QED) is 0.253. The Morgan fingerprint density at radius 2 is 1.78 bits per heavy atom. The number of hydrogen-bond donors (Lipinski definition) is 5. The Kier molecular flexibility index (Phi) is 6.48. The molecule has 8 heteroatoms. The largest absolute Gasteiger partial charge is 0.479 e. The minimum absolute atomic E-state index is 0.0803. The van der Waals surface area contributed by atoms with Gasteiger partial charge >= 0.3 is 11.9 Å². The molecule has 0 saturated heterocycles. The topological polar surface area (TPSA) is 145 Å². The zero-order chi connectivity index (χ0) is 14.5. The first-order valence-electron chi connectivity index (χ1n) is 4.96. The Morgan fingerprint density at radius 1 is 1.28 bits per heavy atom.